The third kappa shape index (κ3) is 2.77. The van der Waals surface area contributed by atoms with Gasteiger partial charge < -0.3 is 9.84 Å². The van der Waals surface area contributed by atoms with Crippen molar-refractivity contribution in [3.8, 4) is 5.88 Å². The molecule has 72 valence electrons. The van der Waals surface area contributed by atoms with Gasteiger partial charge in [-0.3, -0.25) is 0 Å². The van der Waals surface area contributed by atoms with Crippen molar-refractivity contribution in [3.63, 3.8) is 0 Å². The van der Waals surface area contributed by atoms with Gasteiger partial charge in [-0.25, -0.2) is 14.3 Å². The smallest absolute Gasteiger partial charge is 0.419 e. The van der Waals surface area contributed by atoms with Crippen molar-refractivity contribution in [1.82, 2.24) is 9.55 Å². The molecule has 5 heteroatoms. The van der Waals surface area contributed by atoms with Crippen LogP contribution in [0.4, 0.5) is 4.79 Å². The Morgan fingerprint density at radius 3 is 2.62 bits per heavy atom. The third-order valence-electron chi connectivity index (χ3n) is 1.17. The van der Waals surface area contributed by atoms with Gasteiger partial charge >= 0.3 is 6.09 Å². The van der Waals surface area contributed by atoms with E-state index in [1.807, 2.05) is 0 Å². The molecule has 13 heavy (non-hydrogen) atoms. The molecule has 1 rings (SSSR count). The fourth-order valence-electron chi connectivity index (χ4n) is 0.727. The van der Waals surface area contributed by atoms with Gasteiger partial charge in [-0.1, -0.05) is 0 Å². The molecule has 1 N–H and O–H groups in total. The summed E-state index contributed by atoms with van der Waals surface area (Å²) in [5.41, 5.74) is -0.545. The minimum atomic E-state index is -0.555. The highest BCUT2D eigenvalue weighted by atomic mass is 16.6. The van der Waals surface area contributed by atoms with Crippen LogP contribution in [-0.4, -0.2) is 26.4 Å². The van der Waals surface area contributed by atoms with Crippen molar-refractivity contribution in [2.75, 3.05) is 0 Å². The first-order valence-corrected chi connectivity index (χ1v) is 3.85. The first kappa shape index (κ1) is 9.57. The second kappa shape index (κ2) is 3.08. The van der Waals surface area contributed by atoms with E-state index in [-0.39, 0.29) is 5.88 Å². The fraction of sp³-hybridized carbons (Fsp3) is 0.500. The molecule has 0 saturated heterocycles. The van der Waals surface area contributed by atoms with E-state index < -0.39 is 11.7 Å². The predicted octanol–water partition coefficient (Wildman–Crippen LogP) is 1.37. The SMILES string of the molecule is CC(C)(C)OC(=O)n1cnc(O)c1. The highest BCUT2D eigenvalue weighted by molar-refractivity contribution is 5.70. The van der Waals surface area contributed by atoms with Gasteiger partial charge in [-0.05, 0) is 20.8 Å². The Labute approximate surface area is 76.0 Å². The largest absolute Gasteiger partial charge is 0.492 e. The summed E-state index contributed by atoms with van der Waals surface area (Å²) in [6, 6.07) is 0. The number of carbonyl (C=O) groups excluding carboxylic acids is 1. The Bertz CT molecular complexity index is 311. The van der Waals surface area contributed by atoms with Gasteiger partial charge in [0.05, 0.1) is 6.20 Å². The number of ether oxygens (including phenoxy) is 1. The van der Waals surface area contributed by atoms with Crippen molar-refractivity contribution < 1.29 is 14.6 Å². The Morgan fingerprint density at radius 2 is 2.23 bits per heavy atom. The molecule has 0 bridgehead atoms. The van der Waals surface area contributed by atoms with E-state index in [2.05, 4.69) is 4.98 Å². The molecule has 0 radical (unpaired) electrons. The molecule has 1 heterocycles. The average Bonchev–Trinajstić information content (AvgIpc) is 2.31. The monoisotopic (exact) mass is 184 g/mol. The lowest BCUT2D eigenvalue weighted by Crippen LogP contribution is -2.26. The summed E-state index contributed by atoms with van der Waals surface area (Å²) in [5, 5.41) is 8.86. The van der Waals surface area contributed by atoms with Crippen LogP contribution in [0.1, 0.15) is 20.8 Å². The molecule has 0 spiro atoms. The number of aromatic nitrogens is 2. The molecule has 0 fully saturated rings. The Balaban J connectivity index is 2.70. The Hall–Kier alpha value is -1.52. The van der Waals surface area contributed by atoms with Crippen molar-refractivity contribution in [2.45, 2.75) is 26.4 Å². The van der Waals surface area contributed by atoms with Gasteiger partial charge in [0.15, 0.2) is 0 Å². The lowest BCUT2D eigenvalue weighted by molar-refractivity contribution is 0.0536. The minimum absolute atomic E-state index is 0.203. The maximum atomic E-state index is 11.3. The quantitative estimate of drug-likeness (QED) is 0.661. The van der Waals surface area contributed by atoms with Crippen LogP contribution >= 0.6 is 0 Å². The van der Waals surface area contributed by atoms with Crippen LogP contribution in [0.3, 0.4) is 0 Å². The topological polar surface area (TPSA) is 64.4 Å². The van der Waals surface area contributed by atoms with Crippen LogP contribution in [-0.2, 0) is 4.74 Å². The van der Waals surface area contributed by atoms with Gasteiger partial charge in [0.1, 0.15) is 11.9 Å². The molecule has 0 aliphatic rings. The highest BCUT2D eigenvalue weighted by Gasteiger charge is 2.17. The van der Waals surface area contributed by atoms with Crippen LogP contribution in [0.25, 0.3) is 0 Å². The van der Waals surface area contributed by atoms with E-state index in [1.54, 1.807) is 20.8 Å². The number of hydrogen-bond acceptors (Lipinski definition) is 4. The molecule has 0 unspecified atom stereocenters. The van der Waals surface area contributed by atoms with E-state index in [9.17, 15) is 4.79 Å². The zero-order chi connectivity index (χ0) is 10.1. The highest BCUT2D eigenvalue weighted by Crippen LogP contribution is 2.10. The van der Waals surface area contributed by atoms with E-state index in [0.29, 0.717) is 0 Å². The first-order chi connectivity index (χ1) is 5.88. The molecule has 0 saturated carbocycles. The maximum Gasteiger partial charge on any atom is 0.419 e. The lowest BCUT2D eigenvalue weighted by Gasteiger charge is -2.18. The predicted molar refractivity (Wildman–Crippen MR) is 45.5 cm³/mol. The van der Waals surface area contributed by atoms with E-state index in [0.717, 1.165) is 4.57 Å². The van der Waals surface area contributed by atoms with Crippen LogP contribution in [0.5, 0.6) is 5.88 Å². The van der Waals surface area contributed by atoms with Crippen LogP contribution in [0.2, 0.25) is 0 Å². The van der Waals surface area contributed by atoms with Crippen molar-refractivity contribution >= 4 is 6.09 Å². The van der Waals surface area contributed by atoms with Crippen LogP contribution < -0.4 is 0 Å². The second-order valence-corrected chi connectivity index (χ2v) is 3.62. The Kier molecular flexibility index (Phi) is 2.27. The van der Waals surface area contributed by atoms with Gasteiger partial charge in [-0.2, -0.15) is 0 Å². The summed E-state index contributed by atoms with van der Waals surface area (Å²) in [4.78, 5) is 14.7. The normalized spacial score (nSPS) is 11.3. The molecule has 5 nitrogen and oxygen atoms in total. The standard InChI is InChI=1S/C8H12N2O3/c1-8(2,3)13-7(12)10-4-6(11)9-5-10/h4-5,11H,1-3H3. The lowest BCUT2D eigenvalue weighted by atomic mass is 10.2. The van der Waals surface area contributed by atoms with Gasteiger partial charge in [-0.15, -0.1) is 0 Å². The number of hydrogen-bond donors (Lipinski definition) is 1. The maximum absolute atomic E-state index is 11.3. The molecular weight excluding hydrogens is 172 g/mol. The van der Waals surface area contributed by atoms with Gasteiger partial charge in [0.25, 0.3) is 0 Å². The molecule has 0 aromatic carbocycles. The van der Waals surface area contributed by atoms with Crippen molar-refractivity contribution in [2.24, 2.45) is 0 Å². The Morgan fingerprint density at radius 1 is 1.62 bits per heavy atom. The van der Waals surface area contributed by atoms with Gasteiger partial charge in [0, 0.05) is 0 Å². The molecular formula is C8H12N2O3. The summed E-state index contributed by atoms with van der Waals surface area (Å²) in [5.74, 6) is -0.203. The molecule has 0 aliphatic carbocycles. The van der Waals surface area contributed by atoms with Gasteiger partial charge in [0.2, 0.25) is 5.88 Å². The van der Waals surface area contributed by atoms with E-state index in [4.69, 9.17) is 9.84 Å². The van der Waals surface area contributed by atoms with E-state index >= 15 is 0 Å². The van der Waals surface area contributed by atoms with E-state index in [1.165, 1.54) is 12.5 Å². The minimum Gasteiger partial charge on any atom is -0.492 e. The second-order valence-electron chi connectivity index (χ2n) is 3.62. The average molecular weight is 184 g/mol. The summed E-state index contributed by atoms with van der Waals surface area (Å²) in [6.45, 7) is 5.30. The summed E-state index contributed by atoms with van der Waals surface area (Å²) in [6.07, 6.45) is 1.83. The third-order valence-corrected chi connectivity index (χ3v) is 1.17. The van der Waals surface area contributed by atoms with Crippen molar-refractivity contribution in [1.29, 1.82) is 0 Å². The molecule has 0 aliphatic heterocycles. The zero-order valence-corrected chi connectivity index (χ0v) is 7.81. The van der Waals surface area contributed by atoms with Crippen molar-refractivity contribution in [3.05, 3.63) is 12.5 Å². The number of carbonyl (C=O) groups is 1. The molecule has 1 aromatic rings. The number of rotatable bonds is 0. The summed E-state index contributed by atoms with van der Waals surface area (Å²) >= 11 is 0. The summed E-state index contributed by atoms with van der Waals surface area (Å²) in [7, 11) is 0. The number of aromatic hydroxyl groups is 1. The first-order valence-electron chi connectivity index (χ1n) is 3.85. The summed E-state index contributed by atoms with van der Waals surface area (Å²) < 4.78 is 6.09. The molecule has 0 atom stereocenters. The molecule has 1 aromatic heterocycles. The molecule has 0 amide bonds. The van der Waals surface area contributed by atoms with Crippen LogP contribution in [0.15, 0.2) is 12.5 Å². The zero-order valence-electron chi connectivity index (χ0n) is 7.81. The fourth-order valence-corrected chi connectivity index (χ4v) is 0.727. The number of imidazole rings is 1. The number of nitrogens with zero attached hydrogens (tertiary/aromatic N) is 2. The van der Waals surface area contributed by atoms with Crippen LogP contribution in [0, 0.1) is 0 Å².